The third kappa shape index (κ3) is 2.73. The molecule has 2 N–H and O–H groups in total. The fourth-order valence-electron chi connectivity index (χ4n) is 0.871. The van der Waals surface area contributed by atoms with Crippen molar-refractivity contribution in [2.24, 2.45) is 5.73 Å². The van der Waals surface area contributed by atoms with Crippen LogP contribution in [0.25, 0.3) is 0 Å². The minimum Gasteiger partial charge on any atom is -0.324 e. The Labute approximate surface area is 85.7 Å². The highest BCUT2D eigenvalue weighted by molar-refractivity contribution is 9.10. The first-order valence-corrected chi connectivity index (χ1v) is 4.11. The zero-order chi connectivity index (χ0) is 8.43. The van der Waals surface area contributed by atoms with Gasteiger partial charge >= 0.3 is 0 Å². The smallest absolute Gasteiger partial charge is 0.129 e. The standard InChI is InChI=1S/C8H9BrFN.ClH/c1-5(11)7-3-2-6(9)4-8(7)10;/h2-5H,11H2,1H3;1H. The summed E-state index contributed by atoms with van der Waals surface area (Å²) in [6.45, 7) is 1.76. The molecule has 0 spiro atoms. The topological polar surface area (TPSA) is 26.0 Å². The van der Waals surface area contributed by atoms with Crippen LogP contribution in [0, 0.1) is 5.82 Å². The normalized spacial score (nSPS) is 12.0. The molecule has 0 amide bonds. The van der Waals surface area contributed by atoms with Gasteiger partial charge in [0.1, 0.15) is 5.82 Å². The van der Waals surface area contributed by atoms with Crippen molar-refractivity contribution >= 4 is 28.3 Å². The molecular weight excluding hydrogens is 244 g/mol. The van der Waals surface area contributed by atoms with Crippen LogP contribution in [0.5, 0.6) is 0 Å². The Balaban J connectivity index is 0.00000121. The molecule has 1 aromatic rings. The molecule has 0 saturated carbocycles. The maximum absolute atomic E-state index is 13.0. The number of halogens is 3. The molecule has 0 bridgehead atoms. The number of nitrogens with two attached hydrogens (primary N) is 1. The van der Waals surface area contributed by atoms with E-state index in [-0.39, 0.29) is 24.3 Å². The highest BCUT2D eigenvalue weighted by Gasteiger charge is 2.05. The molecule has 0 fully saturated rings. The van der Waals surface area contributed by atoms with E-state index in [1.54, 1.807) is 19.1 Å². The fraction of sp³-hybridized carbons (Fsp3) is 0.250. The summed E-state index contributed by atoms with van der Waals surface area (Å²) in [7, 11) is 0. The molecule has 0 aliphatic carbocycles. The lowest BCUT2D eigenvalue weighted by Gasteiger charge is -2.06. The molecule has 4 heteroatoms. The first-order chi connectivity index (χ1) is 5.11. The third-order valence-electron chi connectivity index (χ3n) is 1.45. The predicted octanol–water partition coefficient (Wildman–Crippen LogP) is 3.03. The minimum atomic E-state index is -0.255. The van der Waals surface area contributed by atoms with Crippen molar-refractivity contribution in [1.82, 2.24) is 0 Å². The van der Waals surface area contributed by atoms with Gasteiger partial charge in [0.15, 0.2) is 0 Å². The molecule has 0 aliphatic rings. The van der Waals surface area contributed by atoms with Gasteiger partial charge in [-0.2, -0.15) is 0 Å². The Morgan fingerprint density at radius 2 is 2.08 bits per heavy atom. The summed E-state index contributed by atoms with van der Waals surface area (Å²) in [5, 5.41) is 0. The van der Waals surface area contributed by atoms with E-state index in [0.29, 0.717) is 5.56 Å². The lowest BCUT2D eigenvalue weighted by Crippen LogP contribution is -2.06. The first kappa shape index (κ1) is 11.9. The summed E-state index contributed by atoms with van der Waals surface area (Å²) in [4.78, 5) is 0. The van der Waals surface area contributed by atoms with E-state index in [1.807, 2.05) is 0 Å². The summed E-state index contributed by atoms with van der Waals surface area (Å²) in [6.07, 6.45) is 0. The van der Waals surface area contributed by atoms with Gasteiger partial charge in [-0.15, -0.1) is 12.4 Å². The van der Waals surface area contributed by atoms with E-state index in [9.17, 15) is 4.39 Å². The number of rotatable bonds is 1. The van der Waals surface area contributed by atoms with Crippen molar-refractivity contribution in [3.8, 4) is 0 Å². The highest BCUT2D eigenvalue weighted by Crippen LogP contribution is 2.18. The van der Waals surface area contributed by atoms with E-state index in [2.05, 4.69) is 15.9 Å². The molecule has 0 saturated heterocycles. The van der Waals surface area contributed by atoms with Gasteiger partial charge in [-0.3, -0.25) is 0 Å². The fourth-order valence-corrected chi connectivity index (χ4v) is 1.20. The van der Waals surface area contributed by atoms with Crippen molar-refractivity contribution in [1.29, 1.82) is 0 Å². The zero-order valence-corrected chi connectivity index (χ0v) is 8.95. The van der Waals surface area contributed by atoms with E-state index in [4.69, 9.17) is 5.73 Å². The predicted molar refractivity (Wildman–Crippen MR) is 54.0 cm³/mol. The zero-order valence-electron chi connectivity index (χ0n) is 6.55. The second-order valence-electron chi connectivity index (χ2n) is 2.45. The summed E-state index contributed by atoms with van der Waals surface area (Å²) in [6, 6.07) is 4.63. The van der Waals surface area contributed by atoms with Gasteiger partial charge in [0.05, 0.1) is 0 Å². The van der Waals surface area contributed by atoms with Crippen molar-refractivity contribution in [2.75, 3.05) is 0 Å². The van der Waals surface area contributed by atoms with Gasteiger partial charge in [-0.1, -0.05) is 22.0 Å². The van der Waals surface area contributed by atoms with Crippen LogP contribution in [-0.4, -0.2) is 0 Å². The lowest BCUT2D eigenvalue weighted by molar-refractivity contribution is 0.593. The van der Waals surface area contributed by atoms with Gasteiger partial charge in [0.2, 0.25) is 0 Å². The minimum absolute atomic E-state index is 0. The molecule has 1 nitrogen and oxygen atoms in total. The largest absolute Gasteiger partial charge is 0.324 e. The van der Waals surface area contributed by atoms with Crippen molar-refractivity contribution < 1.29 is 4.39 Å². The summed E-state index contributed by atoms with van der Waals surface area (Å²) in [5.74, 6) is -0.255. The second kappa shape index (κ2) is 4.80. The Morgan fingerprint density at radius 1 is 1.50 bits per heavy atom. The quantitative estimate of drug-likeness (QED) is 0.819. The summed E-state index contributed by atoms with van der Waals surface area (Å²) in [5.41, 5.74) is 6.06. The Morgan fingerprint density at radius 3 is 2.50 bits per heavy atom. The maximum atomic E-state index is 13.0. The second-order valence-corrected chi connectivity index (χ2v) is 3.37. The van der Waals surface area contributed by atoms with Crippen LogP contribution in [0.4, 0.5) is 4.39 Å². The SMILES string of the molecule is CC(N)c1ccc(Br)cc1F.Cl. The summed E-state index contributed by atoms with van der Waals surface area (Å²) < 4.78 is 13.7. The molecule has 12 heavy (non-hydrogen) atoms. The first-order valence-electron chi connectivity index (χ1n) is 3.32. The number of hydrogen-bond donors (Lipinski definition) is 1. The van der Waals surface area contributed by atoms with Crippen LogP contribution >= 0.6 is 28.3 Å². The van der Waals surface area contributed by atoms with E-state index in [1.165, 1.54) is 6.07 Å². The van der Waals surface area contributed by atoms with Gasteiger partial charge < -0.3 is 5.73 Å². The van der Waals surface area contributed by atoms with Gasteiger partial charge in [-0.05, 0) is 19.1 Å². The van der Waals surface area contributed by atoms with Crippen LogP contribution in [0.1, 0.15) is 18.5 Å². The van der Waals surface area contributed by atoms with E-state index < -0.39 is 0 Å². The van der Waals surface area contributed by atoms with E-state index >= 15 is 0 Å². The van der Waals surface area contributed by atoms with Gasteiger partial charge in [0.25, 0.3) is 0 Å². The third-order valence-corrected chi connectivity index (χ3v) is 1.95. The Hall–Kier alpha value is -0.120. The molecule has 1 unspecified atom stereocenters. The van der Waals surface area contributed by atoms with Crippen molar-refractivity contribution in [2.45, 2.75) is 13.0 Å². The molecule has 68 valence electrons. The summed E-state index contributed by atoms with van der Waals surface area (Å²) >= 11 is 3.16. The molecule has 1 rings (SSSR count). The molecule has 0 aliphatic heterocycles. The Bertz CT molecular complexity index is 265. The van der Waals surface area contributed by atoms with Gasteiger partial charge in [-0.25, -0.2) is 4.39 Å². The van der Waals surface area contributed by atoms with Crippen LogP contribution < -0.4 is 5.73 Å². The Kier molecular flexibility index (Phi) is 4.75. The highest BCUT2D eigenvalue weighted by atomic mass is 79.9. The maximum Gasteiger partial charge on any atom is 0.129 e. The number of hydrogen-bond acceptors (Lipinski definition) is 1. The van der Waals surface area contributed by atoms with Crippen molar-refractivity contribution in [3.05, 3.63) is 34.1 Å². The average Bonchev–Trinajstić information content (AvgIpc) is 1.85. The molecule has 0 radical (unpaired) electrons. The van der Waals surface area contributed by atoms with Crippen LogP contribution in [0.15, 0.2) is 22.7 Å². The average molecular weight is 255 g/mol. The van der Waals surface area contributed by atoms with E-state index in [0.717, 1.165) is 4.47 Å². The molecule has 1 aromatic carbocycles. The molecule has 1 atom stereocenters. The number of benzene rings is 1. The molecule has 0 aromatic heterocycles. The van der Waals surface area contributed by atoms with Crippen molar-refractivity contribution in [3.63, 3.8) is 0 Å². The monoisotopic (exact) mass is 253 g/mol. The van der Waals surface area contributed by atoms with Crippen LogP contribution in [0.3, 0.4) is 0 Å². The van der Waals surface area contributed by atoms with Crippen LogP contribution in [-0.2, 0) is 0 Å². The molecular formula is C8H10BrClFN. The van der Waals surface area contributed by atoms with Gasteiger partial charge in [0, 0.05) is 16.1 Å². The molecule has 0 heterocycles. The lowest BCUT2D eigenvalue weighted by atomic mass is 10.1. The van der Waals surface area contributed by atoms with Crippen LogP contribution in [0.2, 0.25) is 0 Å².